The summed E-state index contributed by atoms with van der Waals surface area (Å²) in [5.41, 5.74) is 3.59. The Morgan fingerprint density at radius 1 is 0.652 bits per heavy atom. The first kappa shape index (κ1) is 18.5. The Morgan fingerprint density at radius 3 is 1.35 bits per heavy atom. The van der Waals surface area contributed by atoms with Crippen molar-refractivity contribution < 1.29 is 21.2 Å². The van der Waals surface area contributed by atoms with E-state index in [4.69, 9.17) is 0 Å². The first-order valence-corrected chi connectivity index (χ1v) is 10.8. The van der Waals surface area contributed by atoms with Crippen molar-refractivity contribution in [3.05, 3.63) is 66.8 Å². The molecule has 0 atom stereocenters. The fourth-order valence-electron chi connectivity index (χ4n) is 2.68. The van der Waals surface area contributed by atoms with Crippen LogP contribution in [0.15, 0.2) is 48.5 Å². The van der Waals surface area contributed by atoms with Crippen molar-refractivity contribution in [3.63, 3.8) is 0 Å². The van der Waals surface area contributed by atoms with Crippen molar-refractivity contribution in [1.29, 1.82) is 0 Å². The van der Waals surface area contributed by atoms with Gasteiger partial charge in [-0.05, 0) is 35.8 Å². The SMILES string of the molecule is CCC(C)(C)c1ccccc1[I+]c1ccccc1C(C)(C)CC. The van der Waals surface area contributed by atoms with E-state index in [9.17, 15) is 0 Å². The van der Waals surface area contributed by atoms with Gasteiger partial charge in [0.15, 0.2) is 7.14 Å². The highest BCUT2D eigenvalue weighted by Gasteiger charge is 2.32. The third-order valence-electron chi connectivity index (χ3n) is 5.18. The van der Waals surface area contributed by atoms with Gasteiger partial charge in [0, 0.05) is 11.1 Å². The lowest BCUT2D eigenvalue weighted by atomic mass is 9.82. The van der Waals surface area contributed by atoms with Crippen LogP contribution in [0.3, 0.4) is 0 Å². The van der Waals surface area contributed by atoms with Gasteiger partial charge in [-0.2, -0.15) is 0 Å². The van der Waals surface area contributed by atoms with Crippen molar-refractivity contribution in [2.75, 3.05) is 0 Å². The number of halogens is 1. The minimum absolute atomic E-state index is 0.159. The zero-order valence-corrected chi connectivity index (χ0v) is 17.6. The minimum Gasteiger partial charge on any atom is -0.0645 e. The Bertz CT molecular complexity index is 595. The molecule has 0 nitrogen and oxygen atoms in total. The van der Waals surface area contributed by atoms with Crippen LogP contribution in [0, 0.1) is 7.14 Å². The van der Waals surface area contributed by atoms with E-state index in [-0.39, 0.29) is 32.0 Å². The van der Waals surface area contributed by atoms with E-state index in [2.05, 4.69) is 90.1 Å². The van der Waals surface area contributed by atoms with Crippen molar-refractivity contribution >= 4 is 0 Å². The second-order valence-electron chi connectivity index (χ2n) is 7.53. The van der Waals surface area contributed by atoms with Crippen LogP contribution in [0.2, 0.25) is 0 Å². The van der Waals surface area contributed by atoms with Crippen LogP contribution in [0.4, 0.5) is 0 Å². The number of rotatable bonds is 6. The predicted molar refractivity (Wildman–Crippen MR) is 96.9 cm³/mol. The summed E-state index contributed by atoms with van der Waals surface area (Å²) >= 11 is -0.159. The van der Waals surface area contributed by atoms with Gasteiger partial charge in [0.25, 0.3) is 0 Å². The summed E-state index contributed by atoms with van der Waals surface area (Å²) in [7, 11) is 0. The lowest BCUT2D eigenvalue weighted by molar-refractivity contribution is -0.599. The zero-order valence-electron chi connectivity index (χ0n) is 15.4. The van der Waals surface area contributed by atoms with Crippen LogP contribution in [-0.2, 0) is 10.8 Å². The summed E-state index contributed by atoms with van der Waals surface area (Å²) < 4.78 is 3.16. The highest BCUT2D eigenvalue weighted by Crippen LogP contribution is 2.27. The maximum absolute atomic E-state index is 2.37. The van der Waals surface area contributed by atoms with Crippen LogP contribution in [0.25, 0.3) is 0 Å². The van der Waals surface area contributed by atoms with E-state index in [1.165, 1.54) is 12.8 Å². The van der Waals surface area contributed by atoms with Gasteiger partial charge in [-0.25, -0.2) is 0 Å². The lowest BCUT2D eigenvalue weighted by Crippen LogP contribution is -3.62. The molecule has 1 heteroatoms. The van der Waals surface area contributed by atoms with Gasteiger partial charge in [-0.15, -0.1) is 0 Å². The van der Waals surface area contributed by atoms with Gasteiger partial charge in [0.1, 0.15) is 0 Å². The lowest BCUT2D eigenvalue weighted by Gasteiger charge is -2.24. The van der Waals surface area contributed by atoms with Crippen molar-refractivity contribution in [2.45, 2.75) is 65.2 Å². The number of hydrogen-bond donors (Lipinski definition) is 0. The van der Waals surface area contributed by atoms with E-state index in [0.29, 0.717) is 0 Å². The third kappa shape index (κ3) is 4.17. The average molecular weight is 421 g/mol. The molecule has 0 aliphatic carbocycles. The Hall–Kier alpha value is -0.830. The predicted octanol–water partition coefficient (Wildman–Crippen LogP) is 3.19. The minimum atomic E-state index is -0.159. The van der Waals surface area contributed by atoms with Crippen LogP contribution >= 0.6 is 0 Å². The molecular formula is C22H30I+. The fraction of sp³-hybridized carbons (Fsp3) is 0.455. The molecule has 0 aromatic heterocycles. The first-order chi connectivity index (χ1) is 10.8. The van der Waals surface area contributed by atoms with Crippen LogP contribution in [0.1, 0.15) is 65.5 Å². The van der Waals surface area contributed by atoms with Crippen LogP contribution in [0.5, 0.6) is 0 Å². The largest absolute Gasteiger partial charge is 0.358 e. The maximum atomic E-state index is 2.37. The molecule has 0 heterocycles. The summed E-state index contributed by atoms with van der Waals surface area (Å²) in [5, 5.41) is 0. The Balaban J connectivity index is 2.46. The zero-order chi connectivity index (χ0) is 17.1. The average Bonchev–Trinajstić information content (AvgIpc) is 2.55. The van der Waals surface area contributed by atoms with E-state index >= 15 is 0 Å². The van der Waals surface area contributed by atoms with E-state index in [1.807, 2.05) is 0 Å². The van der Waals surface area contributed by atoms with Gasteiger partial charge in [0.2, 0.25) is 0 Å². The maximum Gasteiger partial charge on any atom is 0.358 e. The molecule has 0 amide bonds. The van der Waals surface area contributed by atoms with Crippen LogP contribution in [-0.4, -0.2) is 0 Å². The molecule has 0 spiro atoms. The smallest absolute Gasteiger partial charge is 0.0645 e. The molecule has 2 rings (SSSR count). The monoisotopic (exact) mass is 421 g/mol. The first-order valence-electron chi connectivity index (χ1n) is 8.65. The molecule has 2 aromatic carbocycles. The van der Waals surface area contributed by atoms with E-state index in [1.54, 1.807) is 18.3 Å². The Labute approximate surface area is 153 Å². The molecule has 0 saturated carbocycles. The van der Waals surface area contributed by atoms with Gasteiger partial charge in [0.05, 0.1) is 0 Å². The molecular weight excluding hydrogens is 391 g/mol. The van der Waals surface area contributed by atoms with Gasteiger partial charge < -0.3 is 0 Å². The molecule has 2 aromatic rings. The summed E-state index contributed by atoms with van der Waals surface area (Å²) in [6.45, 7) is 14.1. The molecule has 0 fully saturated rings. The van der Waals surface area contributed by atoms with E-state index in [0.717, 1.165) is 0 Å². The molecule has 23 heavy (non-hydrogen) atoms. The summed E-state index contributed by atoms with van der Waals surface area (Å²) in [4.78, 5) is 0. The molecule has 0 unspecified atom stereocenters. The van der Waals surface area contributed by atoms with Crippen molar-refractivity contribution in [2.24, 2.45) is 0 Å². The normalized spacial score (nSPS) is 12.4. The fourth-order valence-corrected chi connectivity index (χ4v) is 6.48. The molecule has 0 radical (unpaired) electrons. The second kappa shape index (κ2) is 7.38. The molecule has 0 bridgehead atoms. The Kier molecular flexibility index (Phi) is 5.94. The molecule has 0 aliphatic heterocycles. The van der Waals surface area contributed by atoms with Gasteiger partial charge in [-0.3, -0.25) is 0 Å². The Morgan fingerprint density at radius 2 is 1.00 bits per heavy atom. The topological polar surface area (TPSA) is 0 Å². The second-order valence-corrected chi connectivity index (χ2v) is 10.4. The third-order valence-corrected chi connectivity index (χ3v) is 8.22. The molecule has 124 valence electrons. The number of benzene rings is 2. The van der Waals surface area contributed by atoms with Crippen LogP contribution < -0.4 is 21.2 Å². The van der Waals surface area contributed by atoms with Gasteiger partial charge in [-0.1, -0.05) is 77.9 Å². The molecule has 0 aliphatic rings. The summed E-state index contributed by atoms with van der Waals surface area (Å²) in [6.07, 6.45) is 2.35. The summed E-state index contributed by atoms with van der Waals surface area (Å²) in [6, 6.07) is 18.2. The highest BCUT2D eigenvalue weighted by molar-refractivity contribution is 5.25. The standard InChI is InChI=1S/C22H30I/c1-7-21(3,4)17-13-9-11-15-19(17)23-20-16-12-10-14-18(20)22(5,6)8-2/h9-16H,7-8H2,1-6H3/q+1. The van der Waals surface area contributed by atoms with E-state index < -0.39 is 0 Å². The summed E-state index contributed by atoms with van der Waals surface area (Å²) in [5.74, 6) is 0. The highest BCUT2D eigenvalue weighted by atomic mass is 127. The quantitative estimate of drug-likeness (QED) is 0.629. The molecule has 0 N–H and O–H groups in total. The van der Waals surface area contributed by atoms with Gasteiger partial charge >= 0.3 is 21.2 Å². The van der Waals surface area contributed by atoms with Crippen molar-refractivity contribution in [1.82, 2.24) is 0 Å². The number of hydrogen-bond acceptors (Lipinski definition) is 0. The van der Waals surface area contributed by atoms with Crippen molar-refractivity contribution in [3.8, 4) is 0 Å². The molecule has 0 saturated heterocycles.